The lowest BCUT2D eigenvalue weighted by molar-refractivity contribution is 0.437. The van der Waals surface area contributed by atoms with E-state index in [2.05, 4.69) is 52.0 Å². The minimum Gasteiger partial charge on any atom is -0.328 e. The molecule has 0 saturated heterocycles. The van der Waals surface area contributed by atoms with E-state index < -0.39 is 0 Å². The van der Waals surface area contributed by atoms with Gasteiger partial charge in [-0.2, -0.15) is 0 Å². The molecule has 0 aromatic heterocycles. The van der Waals surface area contributed by atoms with Crippen molar-refractivity contribution in [3.05, 3.63) is 35.4 Å². The quantitative estimate of drug-likeness (QED) is 0.781. The number of aryl methyl sites for hydroxylation is 1. The monoisotopic (exact) mass is 191 g/mol. The zero-order chi connectivity index (χ0) is 10.8. The van der Waals surface area contributed by atoms with Crippen LogP contribution in [0.1, 0.15) is 38.3 Å². The smallest absolute Gasteiger partial charge is 0.00187 e. The average Bonchev–Trinajstić information content (AvgIpc) is 2.02. The van der Waals surface area contributed by atoms with Gasteiger partial charge in [0.15, 0.2) is 0 Å². The molecule has 1 nitrogen and oxygen atoms in total. The van der Waals surface area contributed by atoms with Crippen molar-refractivity contribution in [1.82, 2.24) is 0 Å². The van der Waals surface area contributed by atoms with Gasteiger partial charge in [0.05, 0.1) is 0 Å². The number of hydrogen-bond donors (Lipinski definition) is 1. The van der Waals surface area contributed by atoms with Crippen molar-refractivity contribution >= 4 is 0 Å². The van der Waals surface area contributed by atoms with Crippen LogP contribution in [0.2, 0.25) is 0 Å². The van der Waals surface area contributed by atoms with Gasteiger partial charge in [-0.25, -0.2) is 0 Å². The van der Waals surface area contributed by atoms with Crippen molar-refractivity contribution in [3.63, 3.8) is 0 Å². The van der Waals surface area contributed by atoms with Gasteiger partial charge in [0.1, 0.15) is 0 Å². The molecule has 1 rings (SSSR count). The van der Waals surface area contributed by atoms with Crippen molar-refractivity contribution in [2.75, 3.05) is 0 Å². The Morgan fingerprint density at radius 1 is 1.21 bits per heavy atom. The van der Waals surface area contributed by atoms with Crippen molar-refractivity contribution in [1.29, 1.82) is 0 Å². The maximum absolute atomic E-state index is 5.85. The Morgan fingerprint density at radius 3 is 2.14 bits per heavy atom. The Labute approximate surface area is 87.3 Å². The van der Waals surface area contributed by atoms with Crippen LogP contribution in [0.25, 0.3) is 0 Å². The normalized spacial score (nSPS) is 14.1. The standard InChI is InChI=1S/C13H21N/c1-10-5-7-12(8-6-10)13(3,4)9-11(2)14/h5-8,11H,9,14H2,1-4H3. The van der Waals surface area contributed by atoms with E-state index in [0.29, 0.717) is 0 Å². The molecular weight excluding hydrogens is 170 g/mol. The van der Waals surface area contributed by atoms with Crippen molar-refractivity contribution in [2.24, 2.45) is 5.73 Å². The van der Waals surface area contributed by atoms with Gasteiger partial charge in [-0.3, -0.25) is 0 Å². The molecule has 0 aliphatic rings. The summed E-state index contributed by atoms with van der Waals surface area (Å²) < 4.78 is 0. The van der Waals surface area contributed by atoms with E-state index in [-0.39, 0.29) is 11.5 Å². The maximum Gasteiger partial charge on any atom is 0.00187 e. The minimum atomic E-state index is 0.182. The zero-order valence-electron chi connectivity index (χ0n) is 9.67. The van der Waals surface area contributed by atoms with Crippen LogP contribution in [-0.2, 0) is 5.41 Å². The predicted octanol–water partition coefficient (Wildman–Crippen LogP) is 3.01. The Hall–Kier alpha value is -0.820. The topological polar surface area (TPSA) is 26.0 Å². The molecular formula is C13H21N. The van der Waals surface area contributed by atoms with Gasteiger partial charge in [-0.05, 0) is 31.2 Å². The van der Waals surface area contributed by atoms with Gasteiger partial charge in [0, 0.05) is 6.04 Å². The van der Waals surface area contributed by atoms with Crippen LogP contribution in [0, 0.1) is 6.92 Å². The molecule has 1 aromatic rings. The van der Waals surface area contributed by atoms with Gasteiger partial charge in [-0.15, -0.1) is 0 Å². The molecule has 0 heterocycles. The average molecular weight is 191 g/mol. The fourth-order valence-electron chi connectivity index (χ4n) is 1.93. The number of benzene rings is 1. The van der Waals surface area contributed by atoms with Gasteiger partial charge < -0.3 is 5.73 Å². The summed E-state index contributed by atoms with van der Waals surface area (Å²) in [5, 5.41) is 0. The Kier molecular flexibility index (Phi) is 3.33. The first-order chi connectivity index (χ1) is 6.42. The second-order valence-electron chi connectivity index (χ2n) is 4.93. The number of nitrogens with two attached hydrogens (primary N) is 1. The summed E-state index contributed by atoms with van der Waals surface area (Å²) in [5.41, 5.74) is 8.71. The SMILES string of the molecule is Cc1ccc(C(C)(C)CC(C)N)cc1. The van der Waals surface area contributed by atoms with Crippen LogP contribution in [-0.4, -0.2) is 6.04 Å². The van der Waals surface area contributed by atoms with E-state index in [1.54, 1.807) is 0 Å². The van der Waals surface area contributed by atoms with E-state index in [1.165, 1.54) is 11.1 Å². The van der Waals surface area contributed by atoms with Gasteiger partial charge in [0.25, 0.3) is 0 Å². The number of rotatable bonds is 3. The van der Waals surface area contributed by atoms with E-state index in [1.807, 2.05) is 0 Å². The zero-order valence-corrected chi connectivity index (χ0v) is 9.67. The highest BCUT2D eigenvalue weighted by molar-refractivity contribution is 5.27. The van der Waals surface area contributed by atoms with Crippen LogP contribution in [0.15, 0.2) is 24.3 Å². The molecule has 78 valence electrons. The summed E-state index contributed by atoms with van der Waals surface area (Å²) >= 11 is 0. The third-order valence-corrected chi connectivity index (χ3v) is 2.67. The second kappa shape index (κ2) is 4.14. The summed E-state index contributed by atoms with van der Waals surface area (Å²) in [6, 6.07) is 9.00. The lowest BCUT2D eigenvalue weighted by atomic mass is 9.79. The molecule has 0 fully saturated rings. The van der Waals surface area contributed by atoms with E-state index >= 15 is 0 Å². The molecule has 0 radical (unpaired) electrons. The van der Waals surface area contributed by atoms with Gasteiger partial charge >= 0.3 is 0 Å². The first-order valence-corrected chi connectivity index (χ1v) is 5.24. The Morgan fingerprint density at radius 2 is 1.71 bits per heavy atom. The van der Waals surface area contributed by atoms with Gasteiger partial charge in [-0.1, -0.05) is 43.7 Å². The molecule has 1 atom stereocenters. The molecule has 0 amide bonds. The van der Waals surface area contributed by atoms with Crippen LogP contribution >= 0.6 is 0 Å². The van der Waals surface area contributed by atoms with Crippen LogP contribution < -0.4 is 5.73 Å². The first-order valence-electron chi connectivity index (χ1n) is 5.24. The lowest BCUT2D eigenvalue weighted by Gasteiger charge is -2.27. The summed E-state index contributed by atoms with van der Waals surface area (Å²) in [6.07, 6.45) is 1.02. The Bertz CT molecular complexity index is 283. The highest BCUT2D eigenvalue weighted by Crippen LogP contribution is 2.27. The fourth-order valence-corrected chi connectivity index (χ4v) is 1.93. The van der Waals surface area contributed by atoms with Crippen LogP contribution in [0.4, 0.5) is 0 Å². The molecule has 2 N–H and O–H groups in total. The van der Waals surface area contributed by atoms with Crippen molar-refractivity contribution in [2.45, 2.75) is 45.6 Å². The molecule has 0 bridgehead atoms. The molecule has 0 aliphatic heterocycles. The predicted molar refractivity (Wildman–Crippen MR) is 62.5 cm³/mol. The highest BCUT2D eigenvalue weighted by Gasteiger charge is 2.21. The highest BCUT2D eigenvalue weighted by atomic mass is 14.6. The van der Waals surface area contributed by atoms with Crippen molar-refractivity contribution < 1.29 is 0 Å². The van der Waals surface area contributed by atoms with Crippen LogP contribution in [0.3, 0.4) is 0 Å². The van der Waals surface area contributed by atoms with E-state index in [0.717, 1.165) is 6.42 Å². The molecule has 0 saturated carbocycles. The summed E-state index contributed by atoms with van der Waals surface area (Å²) in [6.45, 7) is 8.68. The summed E-state index contributed by atoms with van der Waals surface area (Å²) in [7, 11) is 0. The number of hydrogen-bond acceptors (Lipinski definition) is 1. The molecule has 0 aliphatic carbocycles. The third-order valence-electron chi connectivity index (χ3n) is 2.67. The second-order valence-corrected chi connectivity index (χ2v) is 4.93. The van der Waals surface area contributed by atoms with Gasteiger partial charge in [0.2, 0.25) is 0 Å². The molecule has 0 spiro atoms. The van der Waals surface area contributed by atoms with Crippen molar-refractivity contribution in [3.8, 4) is 0 Å². The van der Waals surface area contributed by atoms with Crippen LogP contribution in [0.5, 0.6) is 0 Å². The minimum absolute atomic E-state index is 0.182. The third kappa shape index (κ3) is 2.85. The van der Waals surface area contributed by atoms with E-state index in [4.69, 9.17) is 5.73 Å². The lowest BCUT2D eigenvalue weighted by Crippen LogP contribution is -2.28. The summed E-state index contributed by atoms with van der Waals surface area (Å²) in [4.78, 5) is 0. The largest absolute Gasteiger partial charge is 0.328 e. The molecule has 1 aromatic carbocycles. The molecule has 1 heteroatoms. The Balaban J connectivity index is 2.86. The molecule has 14 heavy (non-hydrogen) atoms. The molecule has 1 unspecified atom stereocenters. The fraction of sp³-hybridized carbons (Fsp3) is 0.538. The summed E-state index contributed by atoms with van der Waals surface area (Å²) in [5.74, 6) is 0. The first kappa shape index (κ1) is 11.3. The van der Waals surface area contributed by atoms with E-state index in [9.17, 15) is 0 Å². The maximum atomic E-state index is 5.85.